The monoisotopic (exact) mass is 334 g/mol. The molecule has 0 saturated carbocycles. The van der Waals surface area contributed by atoms with Gasteiger partial charge in [-0.05, 0) is 23.6 Å². The number of nitrogens with zero attached hydrogens (tertiary/aromatic N) is 1. The summed E-state index contributed by atoms with van der Waals surface area (Å²) in [7, 11) is 3.33. The molecule has 2 rings (SSSR count). The first-order valence-electron chi connectivity index (χ1n) is 6.80. The molecule has 0 spiro atoms. The first-order chi connectivity index (χ1) is 10.6. The normalized spacial score (nSPS) is 10.3. The minimum Gasteiger partial charge on any atom is -0.347 e. The highest BCUT2D eigenvalue weighted by atomic mass is 32.2. The van der Waals surface area contributed by atoms with Crippen LogP contribution >= 0.6 is 23.1 Å². The molecule has 6 heteroatoms. The second-order valence-electron chi connectivity index (χ2n) is 4.84. The summed E-state index contributed by atoms with van der Waals surface area (Å²) in [6.45, 7) is 0.00968. The topological polar surface area (TPSA) is 49.4 Å². The maximum Gasteiger partial charge on any atom is 0.252 e. The van der Waals surface area contributed by atoms with E-state index in [-0.39, 0.29) is 18.4 Å². The van der Waals surface area contributed by atoms with Crippen LogP contribution in [0.1, 0.15) is 15.2 Å². The standard InChI is InChI=1S/C16H18N2O2S2/c1-18(2)15(19)10-17-16(20)13-7-3-4-8-14(13)22-11-12-6-5-9-21-12/h3-9H,10-11H2,1-2H3,(H,17,20). The predicted molar refractivity (Wildman–Crippen MR) is 91.3 cm³/mol. The molecule has 1 N–H and O–H groups in total. The Morgan fingerprint density at radius 1 is 1.18 bits per heavy atom. The Kier molecular flexibility index (Phi) is 6.03. The van der Waals surface area contributed by atoms with E-state index in [1.165, 1.54) is 9.78 Å². The van der Waals surface area contributed by atoms with Gasteiger partial charge in [0.1, 0.15) is 0 Å². The fourth-order valence-corrected chi connectivity index (χ4v) is 3.56. The van der Waals surface area contributed by atoms with E-state index in [1.807, 2.05) is 29.6 Å². The van der Waals surface area contributed by atoms with Gasteiger partial charge >= 0.3 is 0 Å². The van der Waals surface area contributed by atoms with E-state index in [1.54, 1.807) is 43.3 Å². The summed E-state index contributed by atoms with van der Waals surface area (Å²) in [5.41, 5.74) is 0.607. The van der Waals surface area contributed by atoms with Crippen molar-refractivity contribution in [1.29, 1.82) is 0 Å². The van der Waals surface area contributed by atoms with Gasteiger partial charge in [-0.25, -0.2) is 0 Å². The van der Waals surface area contributed by atoms with Crippen molar-refractivity contribution >= 4 is 34.9 Å². The third-order valence-electron chi connectivity index (χ3n) is 2.98. The molecule has 22 heavy (non-hydrogen) atoms. The van der Waals surface area contributed by atoms with E-state index in [0.29, 0.717) is 5.56 Å². The molecule has 0 bridgehead atoms. The molecule has 1 aromatic heterocycles. The lowest BCUT2D eigenvalue weighted by Crippen LogP contribution is -2.36. The van der Waals surface area contributed by atoms with Crippen molar-refractivity contribution in [3.8, 4) is 0 Å². The van der Waals surface area contributed by atoms with Crippen LogP contribution in [0.2, 0.25) is 0 Å². The van der Waals surface area contributed by atoms with Crippen LogP contribution in [0.15, 0.2) is 46.7 Å². The maximum atomic E-state index is 12.3. The summed E-state index contributed by atoms with van der Waals surface area (Å²) in [5, 5.41) is 4.72. The van der Waals surface area contributed by atoms with E-state index in [4.69, 9.17) is 0 Å². The molecule has 2 aromatic rings. The van der Waals surface area contributed by atoms with E-state index in [0.717, 1.165) is 10.6 Å². The zero-order valence-corrected chi connectivity index (χ0v) is 14.2. The second-order valence-corrected chi connectivity index (χ2v) is 6.88. The van der Waals surface area contributed by atoms with E-state index < -0.39 is 0 Å². The molecule has 0 aliphatic heterocycles. The maximum absolute atomic E-state index is 12.3. The van der Waals surface area contributed by atoms with Gasteiger partial charge in [-0.3, -0.25) is 9.59 Å². The van der Waals surface area contributed by atoms with Crippen LogP contribution in [0.5, 0.6) is 0 Å². The Morgan fingerprint density at radius 3 is 2.64 bits per heavy atom. The van der Waals surface area contributed by atoms with Crippen LogP contribution in [0, 0.1) is 0 Å². The third-order valence-corrected chi connectivity index (χ3v) is 5.16. The first-order valence-corrected chi connectivity index (χ1v) is 8.67. The average molecular weight is 334 g/mol. The summed E-state index contributed by atoms with van der Waals surface area (Å²) in [5.74, 6) is 0.486. The Morgan fingerprint density at radius 2 is 1.95 bits per heavy atom. The van der Waals surface area contributed by atoms with Crippen molar-refractivity contribution in [2.24, 2.45) is 0 Å². The van der Waals surface area contributed by atoms with Gasteiger partial charge in [0.05, 0.1) is 12.1 Å². The summed E-state index contributed by atoms with van der Waals surface area (Å²) >= 11 is 3.33. The van der Waals surface area contributed by atoms with Gasteiger partial charge in [-0.2, -0.15) is 0 Å². The largest absolute Gasteiger partial charge is 0.347 e. The zero-order chi connectivity index (χ0) is 15.9. The molecule has 0 aliphatic rings. The average Bonchev–Trinajstić information content (AvgIpc) is 3.03. The predicted octanol–water partition coefficient (Wildman–Crippen LogP) is 2.86. The molecule has 0 unspecified atom stereocenters. The molecular weight excluding hydrogens is 316 g/mol. The molecule has 1 aromatic carbocycles. The highest BCUT2D eigenvalue weighted by molar-refractivity contribution is 7.98. The Bertz CT molecular complexity index is 639. The number of hydrogen-bond donors (Lipinski definition) is 1. The van der Waals surface area contributed by atoms with Gasteiger partial charge < -0.3 is 10.2 Å². The Labute approximate surface area is 138 Å². The lowest BCUT2D eigenvalue weighted by atomic mass is 10.2. The van der Waals surface area contributed by atoms with Crippen LogP contribution < -0.4 is 5.32 Å². The smallest absolute Gasteiger partial charge is 0.252 e. The van der Waals surface area contributed by atoms with Crippen molar-refractivity contribution < 1.29 is 9.59 Å². The number of nitrogens with one attached hydrogen (secondary N) is 1. The van der Waals surface area contributed by atoms with Gasteiger partial charge in [0, 0.05) is 29.6 Å². The number of amides is 2. The van der Waals surface area contributed by atoms with Crippen molar-refractivity contribution in [2.75, 3.05) is 20.6 Å². The SMILES string of the molecule is CN(C)C(=O)CNC(=O)c1ccccc1SCc1cccs1. The number of hydrogen-bond acceptors (Lipinski definition) is 4. The van der Waals surface area contributed by atoms with Crippen LogP contribution in [0.4, 0.5) is 0 Å². The van der Waals surface area contributed by atoms with Crippen LogP contribution in [-0.4, -0.2) is 37.4 Å². The number of likely N-dealkylation sites (N-methyl/N-ethyl adjacent to an activating group) is 1. The fourth-order valence-electron chi connectivity index (χ4n) is 1.73. The number of benzene rings is 1. The number of thioether (sulfide) groups is 1. The number of rotatable bonds is 6. The minimum atomic E-state index is -0.218. The molecule has 4 nitrogen and oxygen atoms in total. The molecule has 0 aliphatic carbocycles. The van der Waals surface area contributed by atoms with E-state index in [9.17, 15) is 9.59 Å². The molecule has 0 saturated heterocycles. The molecule has 0 radical (unpaired) electrons. The fraction of sp³-hybridized carbons (Fsp3) is 0.250. The van der Waals surface area contributed by atoms with Crippen LogP contribution in [-0.2, 0) is 10.5 Å². The van der Waals surface area contributed by atoms with E-state index >= 15 is 0 Å². The second kappa shape index (κ2) is 8.00. The van der Waals surface area contributed by atoms with Crippen molar-refractivity contribution in [1.82, 2.24) is 10.2 Å². The Balaban J connectivity index is 2.00. The Hall–Kier alpha value is -1.79. The molecule has 1 heterocycles. The lowest BCUT2D eigenvalue weighted by Gasteiger charge is -2.12. The molecular formula is C16H18N2O2S2. The number of carbonyl (C=O) groups excluding carboxylic acids is 2. The molecule has 0 atom stereocenters. The summed E-state index contributed by atoms with van der Waals surface area (Å²) in [6.07, 6.45) is 0. The van der Waals surface area contributed by atoms with Crippen molar-refractivity contribution in [2.45, 2.75) is 10.6 Å². The van der Waals surface area contributed by atoms with Crippen LogP contribution in [0.25, 0.3) is 0 Å². The highest BCUT2D eigenvalue weighted by Crippen LogP contribution is 2.27. The summed E-state index contributed by atoms with van der Waals surface area (Å²) in [4.78, 5) is 27.5. The molecule has 116 valence electrons. The van der Waals surface area contributed by atoms with Gasteiger partial charge in [-0.1, -0.05) is 18.2 Å². The van der Waals surface area contributed by atoms with Gasteiger partial charge in [0.25, 0.3) is 5.91 Å². The van der Waals surface area contributed by atoms with Crippen molar-refractivity contribution in [3.05, 3.63) is 52.2 Å². The van der Waals surface area contributed by atoms with Gasteiger partial charge in [0.15, 0.2) is 0 Å². The molecule has 2 amide bonds. The summed E-state index contributed by atoms with van der Waals surface area (Å²) in [6, 6.07) is 11.6. The van der Waals surface area contributed by atoms with Crippen molar-refractivity contribution in [3.63, 3.8) is 0 Å². The number of carbonyl (C=O) groups is 2. The lowest BCUT2D eigenvalue weighted by molar-refractivity contribution is -0.127. The molecule has 0 fully saturated rings. The quantitative estimate of drug-likeness (QED) is 0.827. The van der Waals surface area contributed by atoms with E-state index in [2.05, 4.69) is 11.4 Å². The first kappa shape index (κ1) is 16.6. The minimum absolute atomic E-state index is 0.00968. The number of thiophene rings is 1. The zero-order valence-electron chi connectivity index (χ0n) is 12.5. The van der Waals surface area contributed by atoms with Gasteiger partial charge in [-0.15, -0.1) is 23.1 Å². The third kappa shape index (κ3) is 4.61. The summed E-state index contributed by atoms with van der Waals surface area (Å²) < 4.78 is 0. The van der Waals surface area contributed by atoms with Gasteiger partial charge in [0.2, 0.25) is 5.91 Å². The highest BCUT2D eigenvalue weighted by Gasteiger charge is 2.13. The van der Waals surface area contributed by atoms with Crippen LogP contribution in [0.3, 0.4) is 0 Å².